The van der Waals surface area contributed by atoms with E-state index >= 15 is 0 Å². The lowest BCUT2D eigenvalue weighted by atomic mass is 10.1. The Bertz CT molecular complexity index is 552. The van der Waals surface area contributed by atoms with E-state index in [1.165, 1.54) is 5.56 Å². The lowest BCUT2D eigenvalue weighted by Crippen LogP contribution is -2.29. The Morgan fingerprint density at radius 3 is 2.35 bits per heavy atom. The Kier molecular flexibility index (Phi) is 5.05. The maximum atomic E-state index is 6.27. The molecule has 0 unspecified atom stereocenters. The van der Waals surface area contributed by atoms with Crippen LogP contribution in [-0.2, 0) is 13.1 Å². The predicted octanol–water partition coefficient (Wildman–Crippen LogP) is 4.33. The molecular formula is C17H21ClN2. The Labute approximate surface area is 126 Å². The molecule has 0 bridgehead atoms. The summed E-state index contributed by atoms with van der Waals surface area (Å²) >= 11 is 6.27. The molecule has 0 saturated heterocycles. The van der Waals surface area contributed by atoms with Gasteiger partial charge < -0.3 is 5.73 Å². The number of nitrogens with zero attached hydrogens (tertiary/aromatic N) is 1. The third-order valence-electron chi connectivity index (χ3n) is 3.41. The predicted molar refractivity (Wildman–Crippen MR) is 86.7 cm³/mol. The molecule has 0 aliphatic rings. The smallest absolute Gasteiger partial charge is 0.0471 e. The normalized spacial score (nSPS) is 11.2. The topological polar surface area (TPSA) is 29.3 Å². The first-order valence-electron chi connectivity index (χ1n) is 6.88. The minimum atomic E-state index is 0.448. The fourth-order valence-electron chi connectivity index (χ4n) is 2.15. The third-order valence-corrected chi connectivity index (χ3v) is 3.76. The van der Waals surface area contributed by atoms with Gasteiger partial charge >= 0.3 is 0 Å². The van der Waals surface area contributed by atoms with Crippen LogP contribution in [0.1, 0.15) is 25.0 Å². The zero-order valence-electron chi connectivity index (χ0n) is 12.0. The van der Waals surface area contributed by atoms with Crippen molar-refractivity contribution in [2.75, 3.05) is 5.73 Å². The summed E-state index contributed by atoms with van der Waals surface area (Å²) in [6, 6.07) is 16.7. The molecule has 0 heterocycles. The number of hydrogen-bond donors (Lipinski definition) is 1. The van der Waals surface area contributed by atoms with Crippen LogP contribution in [0, 0.1) is 0 Å². The van der Waals surface area contributed by atoms with Gasteiger partial charge in [-0.15, -0.1) is 0 Å². The van der Waals surface area contributed by atoms with E-state index in [1.807, 2.05) is 24.3 Å². The van der Waals surface area contributed by atoms with Gasteiger partial charge in [-0.25, -0.2) is 0 Å². The number of anilines is 1. The third kappa shape index (κ3) is 3.99. The van der Waals surface area contributed by atoms with Gasteiger partial charge in [-0.1, -0.05) is 48.0 Å². The van der Waals surface area contributed by atoms with Gasteiger partial charge in [-0.2, -0.15) is 0 Å². The summed E-state index contributed by atoms with van der Waals surface area (Å²) in [6.45, 7) is 6.15. The lowest BCUT2D eigenvalue weighted by Gasteiger charge is -2.27. The van der Waals surface area contributed by atoms with E-state index in [4.69, 9.17) is 17.3 Å². The Morgan fingerprint density at radius 1 is 1.05 bits per heavy atom. The minimum absolute atomic E-state index is 0.448. The average molecular weight is 289 g/mol. The van der Waals surface area contributed by atoms with Crippen molar-refractivity contribution >= 4 is 17.3 Å². The number of halogens is 1. The van der Waals surface area contributed by atoms with Crippen LogP contribution in [-0.4, -0.2) is 10.9 Å². The zero-order chi connectivity index (χ0) is 14.5. The molecule has 2 aromatic carbocycles. The standard InChI is InChI=1S/C17H21ClN2/c1-13(2)20(11-14-6-4-3-5-7-14)12-15-8-9-16(19)10-17(15)18/h3-10,13H,11-12,19H2,1-2H3. The van der Waals surface area contributed by atoms with Crippen LogP contribution >= 0.6 is 11.6 Å². The number of nitrogens with two attached hydrogens (primary N) is 1. The number of benzene rings is 2. The molecule has 0 aliphatic heterocycles. The second kappa shape index (κ2) is 6.78. The van der Waals surface area contributed by atoms with Gasteiger partial charge in [0, 0.05) is 29.8 Å². The molecule has 2 N–H and O–H groups in total. The van der Waals surface area contributed by atoms with E-state index in [-0.39, 0.29) is 0 Å². The van der Waals surface area contributed by atoms with Gasteiger partial charge in [0.25, 0.3) is 0 Å². The number of rotatable bonds is 5. The molecular weight excluding hydrogens is 268 g/mol. The SMILES string of the molecule is CC(C)N(Cc1ccccc1)Cc1ccc(N)cc1Cl. The highest BCUT2D eigenvalue weighted by atomic mass is 35.5. The van der Waals surface area contributed by atoms with Crippen LogP contribution in [0.3, 0.4) is 0 Å². The molecule has 0 spiro atoms. The van der Waals surface area contributed by atoms with Crippen molar-refractivity contribution in [3.63, 3.8) is 0 Å². The van der Waals surface area contributed by atoms with Gasteiger partial charge in [0.2, 0.25) is 0 Å². The van der Waals surface area contributed by atoms with Crippen LogP contribution in [0.15, 0.2) is 48.5 Å². The minimum Gasteiger partial charge on any atom is -0.399 e. The first kappa shape index (κ1) is 14.9. The van der Waals surface area contributed by atoms with E-state index < -0.39 is 0 Å². The molecule has 0 atom stereocenters. The summed E-state index contributed by atoms with van der Waals surface area (Å²) in [6.07, 6.45) is 0. The fraction of sp³-hybridized carbons (Fsp3) is 0.294. The number of nitrogen functional groups attached to an aromatic ring is 1. The molecule has 0 aromatic heterocycles. The second-order valence-corrected chi connectivity index (χ2v) is 5.74. The summed E-state index contributed by atoms with van der Waals surface area (Å²) in [5.74, 6) is 0. The van der Waals surface area contributed by atoms with Crippen molar-refractivity contribution in [2.45, 2.75) is 33.0 Å². The highest BCUT2D eigenvalue weighted by Gasteiger charge is 2.12. The molecule has 0 aliphatic carbocycles. The molecule has 0 saturated carbocycles. The van der Waals surface area contributed by atoms with Crippen LogP contribution in [0.25, 0.3) is 0 Å². The van der Waals surface area contributed by atoms with Crippen LogP contribution < -0.4 is 5.73 Å². The maximum absolute atomic E-state index is 6.27. The Balaban J connectivity index is 2.13. The van der Waals surface area contributed by atoms with Gasteiger partial charge in [0.1, 0.15) is 0 Å². The van der Waals surface area contributed by atoms with Gasteiger partial charge in [-0.3, -0.25) is 4.90 Å². The first-order valence-corrected chi connectivity index (χ1v) is 7.26. The van der Waals surface area contributed by atoms with E-state index in [0.717, 1.165) is 23.7 Å². The average Bonchev–Trinajstić information content (AvgIpc) is 2.42. The lowest BCUT2D eigenvalue weighted by molar-refractivity contribution is 0.204. The van der Waals surface area contributed by atoms with Crippen molar-refractivity contribution in [2.24, 2.45) is 0 Å². The van der Waals surface area contributed by atoms with E-state index in [1.54, 1.807) is 0 Å². The van der Waals surface area contributed by atoms with Crippen LogP contribution in [0.4, 0.5) is 5.69 Å². The maximum Gasteiger partial charge on any atom is 0.0471 e. The Morgan fingerprint density at radius 2 is 1.75 bits per heavy atom. The first-order chi connectivity index (χ1) is 9.56. The summed E-state index contributed by atoms with van der Waals surface area (Å²) in [5.41, 5.74) is 8.88. The zero-order valence-corrected chi connectivity index (χ0v) is 12.8. The monoisotopic (exact) mass is 288 g/mol. The van der Waals surface area contributed by atoms with Gasteiger partial charge in [-0.05, 0) is 37.1 Å². The quantitative estimate of drug-likeness (QED) is 0.830. The molecule has 0 fully saturated rings. The van der Waals surface area contributed by atoms with Crippen molar-refractivity contribution in [3.05, 3.63) is 64.7 Å². The molecule has 20 heavy (non-hydrogen) atoms. The largest absolute Gasteiger partial charge is 0.399 e. The summed E-state index contributed by atoms with van der Waals surface area (Å²) in [4.78, 5) is 2.40. The molecule has 0 radical (unpaired) electrons. The summed E-state index contributed by atoms with van der Waals surface area (Å²) in [5, 5.41) is 0.740. The van der Waals surface area contributed by atoms with E-state index in [2.05, 4.69) is 43.0 Å². The summed E-state index contributed by atoms with van der Waals surface area (Å²) in [7, 11) is 0. The van der Waals surface area contributed by atoms with Crippen molar-refractivity contribution in [1.82, 2.24) is 4.90 Å². The van der Waals surface area contributed by atoms with Crippen molar-refractivity contribution in [3.8, 4) is 0 Å². The second-order valence-electron chi connectivity index (χ2n) is 5.34. The van der Waals surface area contributed by atoms with Crippen molar-refractivity contribution < 1.29 is 0 Å². The molecule has 2 rings (SSSR count). The molecule has 2 nitrogen and oxygen atoms in total. The highest BCUT2D eigenvalue weighted by Crippen LogP contribution is 2.22. The highest BCUT2D eigenvalue weighted by molar-refractivity contribution is 6.31. The summed E-state index contributed by atoms with van der Waals surface area (Å²) < 4.78 is 0. The van der Waals surface area contributed by atoms with Crippen LogP contribution in [0.5, 0.6) is 0 Å². The molecule has 106 valence electrons. The van der Waals surface area contributed by atoms with E-state index in [9.17, 15) is 0 Å². The van der Waals surface area contributed by atoms with Crippen LogP contribution in [0.2, 0.25) is 5.02 Å². The fourth-order valence-corrected chi connectivity index (χ4v) is 2.40. The molecule has 0 amide bonds. The number of hydrogen-bond acceptors (Lipinski definition) is 2. The van der Waals surface area contributed by atoms with Gasteiger partial charge in [0.05, 0.1) is 0 Å². The van der Waals surface area contributed by atoms with E-state index in [0.29, 0.717) is 11.7 Å². The molecule has 2 aromatic rings. The van der Waals surface area contributed by atoms with Crippen molar-refractivity contribution in [1.29, 1.82) is 0 Å². The Hall–Kier alpha value is -1.51. The van der Waals surface area contributed by atoms with Gasteiger partial charge in [0.15, 0.2) is 0 Å². The molecule has 3 heteroatoms.